The zero-order valence-corrected chi connectivity index (χ0v) is 14.4. The number of hydrogen-bond acceptors (Lipinski definition) is 3. The van der Waals surface area contributed by atoms with Gasteiger partial charge in [-0.2, -0.15) is 0 Å². The van der Waals surface area contributed by atoms with Crippen LogP contribution in [0.3, 0.4) is 0 Å². The van der Waals surface area contributed by atoms with E-state index in [4.69, 9.17) is 10.6 Å². The van der Waals surface area contributed by atoms with Gasteiger partial charge in [0.25, 0.3) is 0 Å². The number of hydrazine groups is 1. The molecule has 0 heterocycles. The number of ether oxygens (including phenoxy) is 1. The number of methoxy groups -OCH3 is 1. The summed E-state index contributed by atoms with van der Waals surface area (Å²) in [7, 11) is 1.69. The molecule has 0 saturated carbocycles. The highest BCUT2D eigenvalue weighted by Crippen LogP contribution is 2.34. The maximum atomic E-state index is 5.84. The van der Waals surface area contributed by atoms with Gasteiger partial charge in [-0.3, -0.25) is 5.84 Å². The highest BCUT2D eigenvalue weighted by atomic mass is 79.9. The van der Waals surface area contributed by atoms with Crippen LogP contribution in [0.4, 0.5) is 0 Å². The van der Waals surface area contributed by atoms with E-state index in [0.29, 0.717) is 0 Å². The van der Waals surface area contributed by atoms with Crippen LogP contribution in [0.15, 0.2) is 34.8 Å². The van der Waals surface area contributed by atoms with Gasteiger partial charge in [0.05, 0.1) is 13.2 Å². The first-order chi connectivity index (χ1) is 9.99. The Morgan fingerprint density at radius 1 is 1.05 bits per heavy atom. The number of aryl methyl sites for hydroxylation is 3. The average molecular weight is 349 g/mol. The van der Waals surface area contributed by atoms with E-state index in [9.17, 15) is 0 Å². The van der Waals surface area contributed by atoms with E-state index < -0.39 is 0 Å². The molecule has 2 aromatic rings. The molecule has 2 rings (SSSR count). The predicted octanol–water partition coefficient (Wildman–Crippen LogP) is 3.94. The molecule has 0 saturated heterocycles. The number of halogens is 1. The van der Waals surface area contributed by atoms with Crippen molar-refractivity contribution in [2.45, 2.75) is 26.8 Å². The van der Waals surface area contributed by atoms with Crippen molar-refractivity contribution in [2.24, 2.45) is 5.84 Å². The largest absolute Gasteiger partial charge is 0.496 e. The lowest BCUT2D eigenvalue weighted by Gasteiger charge is -2.22. The van der Waals surface area contributed by atoms with Gasteiger partial charge < -0.3 is 4.74 Å². The molecule has 21 heavy (non-hydrogen) atoms. The van der Waals surface area contributed by atoms with Crippen LogP contribution in [-0.2, 0) is 0 Å². The van der Waals surface area contributed by atoms with E-state index in [-0.39, 0.29) is 6.04 Å². The fourth-order valence-corrected chi connectivity index (χ4v) is 3.08. The minimum Gasteiger partial charge on any atom is -0.496 e. The molecular weight excluding hydrogens is 328 g/mol. The van der Waals surface area contributed by atoms with Crippen molar-refractivity contribution in [1.29, 1.82) is 0 Å². The van der Waals surface area contributed by atoms with Crippen molar-refractivity contribution in [1.82, 2.24) is 5.43 Å². The molecule has 1 unspecified atom stereocenters. The second-order valence-corrected chi connectivity index (χ2v) is 6.05. The van der Waals surface area contributed by atoms with Gasteiger partial charge in [-0.05, 0) is 54.7 Å². The summed E-state index contributed by atoms with van der Waals surface area (Å²) in [5, 5.41) is 0. The van der Waals surface area contributed by atoms with Crippen LogP contribution in [0, 0.1) is 20.8 Å². The zero-order chi connectivity index (χ0) is 15.6. The molecule has 0 aromatic heterocycles. The first kappa shape index (κ1) is 16.0. The number of nitrogens with two attached hydrogens (primary N) is 1. The van der Waals surface area contributed by atoms with E-state index in [1.54, 1.807) is 7.11 Å². The summed E-state index contributed by atoms with van der Waals surface area (Å²) in [4.78, 5) is 0. The third kappa shape index (κ3) is 3.12. The van der Waals surface area contributed by atoms with Crippen LogP contribution in [0.1, 0.15) is 33.9 Å². The summed E-state index contributed by atoms with van der Waals surface area (Å²) >= 11 is 3.67. The molecule has 0 bridgehead atoms. The van der Waals surface area contributed by atoms with E-state index in [2.05, 4.69) is 59.5 Å². The zero-order valence-electron chi connectivity index (χ0n) is 12.8. The predicted molar refractivity (Wildman–Crippen MR) is 90.5 cm³/mol. The lowest BCUT2D eigenvalue weighted by atomic mass is 9.93. The normalized spacial score (nSPS) is 12.3. The van der Waals surface area contributed by atoms with Gasteiger partial charge in [-0.15, -0.1) is 0 Å². The fraction of sp³-hybridized carbons (Fsp3) is 0.294. The van der Waals surface area contributed by atoms with Crippen molar-refractivity contribution in [2.75, 3.05) is 7.11 Å². The molecule has 0 aliphatic carbocycles. The van der Waals surface area contributed by atoms with E-state index in [1.807, 2.05) is 13.0 Å². The monoisotopic (exact) mass is 348 g/mol. The van der Waals surface area contributed by atoms with Crippen molar-refractivity contribution in [3.05, 3.63) is 62.6 Å². The van der Waals surface area contributed by atoms with Gasteiger partial charge >= 0.3 is 0 Å². The number of benzene rings is 2. The fourth-order valence-electron chi connectivity index (χ4n) is 2.58. The van der Waals surface area contributed by atoms with Crippen molar-refractivity contribution in [3.63, 3.8) is 0 Å². The summed E-state index contributed by atoms with van der Waals surface area (Å²) in [6.07, 6.45) is 0. The van der Waals surface area contributed by atoms with E-state index in [1.165, 1.54) is 5.56 Å². The van der Waals surface area contributed by atoms with E-state index in [0.717, 1.165) is 32.5 Å². The highest BCUT2D eigenvalue weighted by molar-refractivity contribution is 9.10. The average Bonchev–Trinajstić information content (AvgIpc) is 2.47. The van der Waals surface area contributed by atoms with Crippen LogP contribution in [-0.4, -0.2) is 7.11 Å². The Hall–Kier alpha value is -1.36. The molecule has 112 valence electrons. The minimum absolute atomic E-state index is 0.0659. The molecule has 3 N–H and O–H groups in total. The van der Waals surface area contributed by atoms with Crippen molar-refractivity contribution >= 4 is 15.9 Å². The quantitative estimate of drug-likeness (QED) is 0.649. The van der Waals surface area contributed by atoms with Gasteiger partial charge in [-0.25, -0.2) is 5.43 Å². The lowest BCUT2D eigenvalue weighted by Crippen LogP contribution is -2.29. The lowest BCUT2D eigenvalue weighted by molar-refractivity contribution is 0.411. The maximum Gasteiger partial charge on any atom is 0.122 e. The molecule has 0 aliphatic rings. The van der Waals surface area contributed by atoms with Gasteiger partial charge in [0.2, 0.25) is 0 Å². The van der Waals surface area contributed by atoms with Gasteiger partial charge in [-0.1, -0.05) is 40.2 Å². The van der Waals surface area contributed by atoms with Crippen molar-refractivity contribution < 1.29 is 4.74 Å². The Labute approximate surface area is 134 Å². The molecule has 0 fully saturated rings. The first-order valence-electron chi connectivity index (χ1n) is 6.85. The Morgan fingerprint density at radius 2 is 1.76 bits per heavy atom. The van der Waals surface area contributed by atoms with Crippen LogP contribution in [0.25, 0.3) is 0 Å². The number of rotatable bonds is 4. The molecule has 0 radical (unpaired) electrons. The molecule has 2 aromatic carbocycles. The Balaban J connectivity index is 2.57. The third-order valence-corrected chi connectivity index (χ3v) is 4.88. The van der Waals surface area contributed by atoms with Gasteiger partial charge in [0.15, 0.2) is 0 Å². The molecule has 0 spiro atoms. The molecule has 3 nitrogen and oxygen atoms in total. The summed E-state index contributed by atoms with van der Waals surface area (Å²) in [5.74, 6) is 6.74. The summed E-state index contributed by atoms with van der Waals surface area (Å²) in [6, 6.07) is 10.3. The topological polar surface area (TPSA) is 47.3 Å². The number of nitrogens with one attached hydrogen (secondary N) is 1. The highest BCUT2D eigenvalue weighted by Gasteiger charge is 2.19. The Bertz CT molecular complexity index is 655. The molecular formula is C17H21BrN2O. The third-order valence-electron chi connectivity index (χ3n) is 3.79. The molecule has 4 heteroatoms. The Morgan fingerprint density at radius 3 is 2.38 bits per heavy atom. The second-order valence-electron chi connectivity index (χ2n) is 5.26. The standard InChI is InChI=1S/C17H21BrN2O/c1-10-6-5-7-13(16(10)18)17(20-19)14-8-12(3)15(21-4)9-11(14)2/h5-9,17,20H,19H2,1-4H3. The number of hydrogen-bond donors (Lipinski definition) is 2. The minimum atomic E-state index is -0.0659. The summed E-state index contributed by atoms with van der Waals surface area (Å²) in [6.45, 7) is 6.19. The van der Waals surface area contributed by atoms with Crippen LogP contribution in [0.2, 0.25) is 0 Å². The van der Waals surface area contributed by atoms with E-state index >= 15 is 0 Å². The smallest absolute Gasteiger partial charge is 0.122 e. The molecule has 1 atom stereocenters. The van der Waals surface area contributed by atoms with Crippen LogP contribution in [0.5, 0.6) is 5.75 Å². The van der Waals surface area contributed by atoms with Crippen LogP contribution >= 0.6 is 15.9 Å². The Kier molecular flexibility index (Phi) is 5.04. The SMILES string of the molecule is COc1cc(C)c(C(NN)c2cccc(C)c2Br)cc1C. The summed E-state index contributed by atoms with van der Waals surface area (Å²) < 4.78 is 6.47. The second kappa shape index (κ2) is 6.60. The molecule has 0 amide bonds. The summed E-state index contributed by atoms with van der Waals surface area (Å²) in [5.41, 5.74) is 8.66. The molecule has 0 aliphatic heterocycles. The van der Waals surface area contributed by atoms with Gasteiger partial charge in [0.1, 0.15) is 5.75 Å². The maximum absolute atomic E-state index is 5.84. The van der Waals surface area contributed by atoms with Gasteiger partial charge in [0, 0.05) is 4.47 Å². The van der Waals surface area contributed by atoms with Crippen molar-refractivity contribution in [3.8, 4) is 5.75 Å². The van der Waals surface area contributed by atoms with Crippen LogP contribution < -0.4 is 16.0 Å². The first-order valence-corrected chi connectivity index (χ1v) is 7.65.